The topological polar surface area (TPSA) is 38.9 Å². The van der Waals surface area contributed by atoms with E-state index < -0.39 is 0 Å². The molecule has 0 aliphatic carbocycles. The quantitative estimate of drug-likeness (QED) is 0.819. The van der Waals surface area contributed by atoms with E-state index in [4.69, 9.17) is 4.42 Å². The molecule has 1 aromatic heterocycles. The van der Waals surface area contributed by atoms with Crippen LogP contribution in [0.2, 0.25) is 0 Å². The number of rotatable bonds is 3. The third-order valence-electron chi connectivity index (χ3n) is 2.45. The maximum Gasteiger partial charge on any atom is 0.213 e. The maximum absolute atomic E-state index is 5.33. The molecule has 3 nitrogen and oxygen atoms in total. The van der Waals surface area contributed by atoms with E-state index in [-0.39, 0.29) is 32.7 Å². The molecule has 1 radical (unpaired) electrons. The summed E-state index contributed by atoms with van der Waals surface area (Å²) < 4.78 is 5.33. The number of nitrogens with zero attached hydrogens (tertiary/aromatic N) is 2. The van der Waals surface area contributed by atoms with Gasteiger partial charge < -0.3 is 4.42 Å². The van der Waals surface area contributed by atoms with Crippen molar-refractivity contribution < 1.29 is 37.1 Å². The van der Waals surface area contributed by atoms with Crippen molar-refractivity contribution in [1.29, 1.82) is 0 Å². The second-order valence-electron chi connectivity index (χ2n) is 4.20. The van der Waals surface area contributed by atoms with Crippen LogP contribution in [0.1, 0.15) is 42.7 Å². The molecule has 1 aromatic carbocycles. The second kappa shape index (κ2) is 6.41. The summed E-state index contributed by atoms with van der Waals surface area (Å²) in [6.45, 7) is 6.12. The first-order valence-corrected chi connectivity index (χ1v) is 5.44. The van der Waals surface area contributed by atoms with Crippen LogP contribution in [0.4, 0.5) is 0 Å². The Balaban J connectivity index is 0.00000144. The molecular weight excluding hydrogens is 289 g/mol. The van der Waals surface area contributed by atoms with Crippen LogP contribution in [0.3, 0.4) is 0 Å². The van der Waals surface area contributed by atoms with Crippen molar-refractivity contribution in [3.8, 4) is 0 Å². The summed E-state index contributed by atoms with van der Waals surface area (Å²) in [6, 6.07) is 9.46. The molecule has 0 saturated carbocycles. The van der Waals surface area contributed by atoms with Gasteiger partial charge in [0.15, 0.2) is 0 Å². The van der Waals surface area contributed by atoms with Gasteiger partial charge in [0, 0.05) is 46.1 Å². The van der Waals surface area contributed by atoms with Crippen molar-refractivity contribution in [2.45, 2.75) is 33.1 Å². The number of aryl methyl sites for hydroxylation is 1. The first kappa shape index (κ1) is 14.5. The summed E-state index contributed by atoms with van der Waals surface area (Å²) >= 11 is 0. The first-order valence-electron chi connectivity index (χ1n) is 5.44. The van der Waals surface area contributed by atoms with Crippen LogP contribution < -0.4 is 0 Å². The molecular formula is C13H15N2OY-. The molecule has 2 aromatic rings. The van der Waals surface area contributed by atoms with Crippen LogP contribution in [-0.2, 0) is 39.1 Å². The number of aromatic nitrogens is 2. The summed E-state index contributed by atoms with van der Waals surface area (Å²) in [5.41, 5.74) is 2.37. The SMILES string of the molecule is Cc1nnc(Cc2c[c-]c(C(C)C)cc2)o1.[Y]. The second-order valence-corrected chi connectivity index (χ2v) is 4.20. The minimum atomic E-state index is 0. The zero-order valence-corrected chi connectivity index (χ0v) is 13.2. The van der Waals surface area contributed by atoms with E-state index in [1.54, 1.807) is 6.92 Å². The largest absolute Gasteiger partial charge is 0.426 e. The van der Waals surface area contributed by atoms with E-state index in [0.717, 1.165) is 5.56 Å². The van der Waals surface area contributed by atoms with Crippen LogP contribution in [0.5, 0.6) is 0 Å². The first-order chi connectivity index (χ1) is 7.65. The maximum atomic E-state index is 5.33. The van der Waals surface area contributed by atoms with Gasteiger partial charge in [-0.1, -0.05) is 13.8 Å². The van der Waals surface area contributed by atoms with Gasteiger partial charge >= 0.3 is 0 Å². The van der Waals surface area contributed by atoms with Crippen molar-refractivity contribution in [3.05, 3.63) is 47.2 Å². The Morgan fingerprint density at radius 1 is 1.29 bits per heavy atom. The Morgan fingerprint density at radius 3 is 2.53 bits per heavy atom. The summed E-state index contributed by atoms with van der Waals surface area (Å²) in [4.78, 5) is 0. The fraction of sp³-hybridized carbons (Fsp3) is 0.385. The van der Waals surface area contributed by atoms with E-state index in [1.807, 2.05) is 6.07 Å². The fourth-order valence-electron chi connectivity index (χ4n) is 1.52. The third-order valence-corrected chi connectivity index (χ3v) is 2.45. The molecule has 0 fully saturated rings. The Hall–Kier alpha value is -0.536. The van der Waals surface area contributed by atoms with E-state index in [1.165, 1.54) is 5.56 Å². The molecule has 87 valence electrons. The molecule has 0 bridgehead atoms. The monoisotopic (exact) mass is 304 g/mol. The molecule has 0 atom stereocenters. The van der Waals surface area contributed by atoms with Gasteiger partial charge in [0.2, 0.25) is 11.8 Å². The molecule has 4 heteroatoms. The van der Waals surface area contributed by atoms with E-state index in [9.17, 15) is 0 Å². The summed E-state index contributed by atoms with van der Waals surface area (Å²) in [5.74, 6) is 1.78. The van der Waals surface area contributed by atoms with E-state index >= 15 is 0 Å². The molecule has 1 heterocycles. The van der Waals surface area contributed by atoms with Crippen molar-refractivity contribution in [1.82, 2.24) is 10.2 Å². The van der Waals surface area contributed by atoms with Crippen molar-refractivity contribution >= 4 is 0 Å². The van der Waals surface area contributed by atoms with Gasteiger partial charge in [-0.3, -0.25) is 0 Å². The smallest absolute Gasteiger partial charge is 0.213 e. The zero-order valence-electron chi connectivity index (χ0n) is 10.4. The fourth-order valence-corrected chi connectivity index (χ4v) is 1.52. The van der Waals surface area contributed by atoms with Crippen LogP contribution in [-0.4, -0.2) is 10.2 Å². The summed E-state index contributed by atoms with van der Waals surface area (Å²) in [7, 11) is 0. The Morgan fingerprint density at radius 2 is 2.06 bits per heavy atom. The number of hydrogen-bond acceptors (Lipinski definition) is 3. The van der Waals surface area contributed by atoms with Gasteiger partial charge in [-0.15, -0.1) is 15.8 Å². The molecule has 0 aliphatic heterocycles. The average molecular weight is 304 g/mol. The standard InChI is InChI=1S/C13H15N2O.Y/c1-9(2)12-6-4-11(5-7-12)8-13-15-14-10(3)16-13;/h4-6,9H,8H2,1-3H3;/q-1;. The van der Waals surface area contributed by atoms with Gasteiger partial charge in [0.05, 0.1) is 0 Å². The predicted molar refractivity (Wildman–Crippen MR) is 61.2 cm³/mol. The molecule has 0 aliphatic rings. The van der Waals surface area contributed by atoms with Gasteiger partial charge in [-0.05, 0) is 5.92 Å². The van der Waals surface area contributed by atoms with Crippen molar-refractivity contribution in [2.24, 2.45) is 0 Å². The number of benzene rings is 1. The van der Waals surface area contributed by atoms with Crippen LogP contribution in [0, 0.1) is 13.0 Å². The van der Waals surface area contributed by atoms with Crippen LogP contribution in [0.15, 0.2) is 22.6 Å². The Labute approximate surface area is 127 Å². The van der Waals surface area contributed by atoms with Gasteiger partial charge in [0.25, 0.3) is 0 Å². The van der Waals surface area contributed by atoms with E-state index in [2.05, 4.69) is 42.2 Å². The Kier molecular flexibility index (Phi) is 5.48. The van der Waals surface area contributed by atoms with Crippen LogP contribution >= 0.6 is 0 Å². The minimum Gasteiger partial charge on any atom is -0.426 e. The van der Waals surface area contributed by atoms with Gasteiger partial charge in [0.1, 0.15) is 0 Å². The molecule has 0 amide bonds. The summed E-state index contributed by atoms with van der Waals surface area (Å²) in [5, 5.41) is 7.77. The van der Waals surface area contributed by atoms with Crippen molar-refractivity contribution in [3.63, 3.8) is 0 Å². The Bertz CT molecular complexity index is 463. The molecule has 2 rings (SSSR count). The molecule has 0 N–H and O–H groups in total. The van der Waals surface area contributed by atoms with Gasteiger partial charge in [-0.2, -0.15) is 29.8 Å². The molecule has 0 unspecified atom stereocenters. The van der Waals surface area contributed by atoms with Gasteiger partial charge in [-0.25, -0.2) is 0 Å². The molecule has 17 heavy (non-hydrogen) atoms. The molecule has 0 spiro atoms. The third kappa shape index (κ3) is 4.00. The van der Waals surface area contributed by atoms with Crippen LogP contribution in [0.25, 0.3) is 0 Å². The van der Waals surface area contributed by atoms with Crippen molar-refractivity contribution in [2.75, 3.05) is 0 Å². The molecule has 0 saturated heterocycles. The predicted octanol–water partition coefficient (Wildman–Crippen LogP) is 2.89. The summed E-state index contributed by atoms with van der Waals surface area (Å²) in [6.07, 6.45) is 0.676. The normalized spacial score (nSPS) is 10.4. The zero-order chi connectivity index (χ0) is 11.5. The van der Waals surface area contributed by atoms with E-state index in [0.29, 0.717) is 24.1 Å². The average Bonchev–Trinajstić information content (AvgIpc) is 2.65. The number of hydrogen-bond donors (Lipinski definition) is 0. The minimum absolute atomic E-state index is 0.